The molecule has 0 aromatic rings. The van der Waals surface area contributed by atoms with Crippen molar-refractivity contribution in [2.24, 2.45) is 11.7 Å². The summed E-state index contributed by atoms with van der Waals surface area (Å²) in [4.78, 5) is 13.5. The van der Waals surface area contributed by atoms with Crippen LogP contribution in [-0.4, -0.2) is 56.2 Å². The third-order valence-electron chi connectivity index (χ3n) is 3.85. The molecule has 5 heteroatoms. The van der Waals surface area contributed by atoms with Crippen LogP contribution in [0, 0.1) is 5.92 Å². The Bertz CT molecular complexity index is 254. The Balaban J connectivity index is 1.77. The minimum absolute atomic E-state index is 0.217. The summed E-state index contributed by atoms with van der Waals surface area (Å²) in [7, 11) is 0. The second-order valence-corrected chi connectivity index (χ2v) is 5.01. The average Bonchev–Trinajstić information content (AvgIpc) is 2.38. The quantitative estimate of drug-likeness (QED) is 0.700. The number of nitrogens with zero attached hydrogens (tertiary/aromatic N) is 1. The van der Waals surface area contributed by atoms with Crippen LogP contribution in [0.5, 0.6) is 0 Å². The van der Waals surface area contributed by atoms with E-state index in [4.69, 9.17) is 10.5 Å². The lowest BCUT2D eigenvalue weighted by atomic mass is 9.94. The third-order valence-corrected chi connectivity index (χ3v) is 3.85. The van der Waals surface area contributed by atoms with E-state index < -0.39 is 0 Å². The summed E-state index contributed by atoms with van der Waals surface area (Å²) in [5.41, 5.74) is 5.40. The minimum atomic E-state index is -0.255. The van der Waals surface area contributed by atoms with E-state index in [1.54, 1.807) is 0 Å². The van der Waals surface area contributed by atoms with Crippen LogP contribution in [0.15, 0.2) is 0 Å². The van der Waals surface area contributed by atoms with Crippen molar-refractivity contribution < 1.29 is 9.53 Å². The Morgan fingerprint density at radius 1 is 1.41 bits per heavy atom. The van der Waals surface area contributed by atoms with Crippen molar-refractivity contribution in [2.45, 2.75) is 25.3 Å². The summed E-state index contributed by atoms with van der Waals surface area (Å²) in [6.45, 7) is 5.25. The lowest BCUT2D eigenvalue weighted by Crippen LogP contribution is -2.52. The lowest BCUT2D eigenvalue weighted by Gasteiger charge is -2.34. The zero-order valence-electron chi connectivity index (χ0n) is 10.4. The van der Waals surface area contributed by atoms with Crippen LogP contribution < -0.4 is 11.1 Å². The van der Waals surface area contributed by atoms with Crippen molar-refractivity contribution in [3.05, 3.63) is 0 Å². The Morgan fingerprint density at radius 2 is 2.18 bits per heavy atom. The molecule has 2 fully saturated rings. The smallest absolute Gasteiger partial charge is 0.237 e. The molecule has 0 radical (unpaired) electrons. The van der Waals surface area contributed by atoms with E-state index in [0.717, 1.165) is 38.7 Å². The molecule has 2 aliphatic heterocycles. The Morgan fingerprint density at radius 3 is 2.88 bits per heavy atom. The number of carbonyl (C=O) groups is 1. The summed E-state index contributed by atoms with van der Waals surface area (Å²) >= 11 is 0. The fourth-order valence-electron chi connectivity index (χ4n) is 2.69. The zero-order valence-corrected chi connectivity index (χ0v) is 10.4. The summed E-state index contributed by atoms with van der Waals surface area (Å²) in [6, 6.07) is -0.217. The molecule has 0 aliphatic carbocycles. The van der Waals surface area contributed by atoms with Crippen LogP contribution in [0.2, 0.25) is 0 Å². The molecule has 2 aliphatic rings. The summed E-state index contributed by atoms with van der Waals surface area (Å²) < 4.78 is 5.31. The summed E-state index contributed by atoms with van der Waals surface area (Å²) in [5, 5.41) is 3.37. The van der Waals surface area contributed by atoms with Gasteiger partial charge in [-0.3, -0.25) is 9.69 Å². The van der Waals surface area contributed by atoms with Gasteiger partial charge in [-0.1, -0.05) is 0 Å². The first kappa shape index (κ1) is 12.8. The number of rotatable bonds is 4. The number of nitrogens with two attached hydrogens (primary N) is 1. The van der Waals surface area contributed by atoms with Gasteiger partial charge in [-0.05, 0) is 44.8 Å². The molecule has 0 spiro atoms. The lowest BCUT2D eigenvalue weighted by molar-refractivity contribution is -0.129. The number of carbonyl (C=O) groups excluding carboxylic acids is 1. The maximum atomic E-state index is 11.3. The van der Waals surface area contributed by atoms with Crippen LogP contribution in [0.4, 0.5) is 0 Å². The van der Waals surface area contributed by atoms with Gasteiger partial charge in [-0.2, -0.15) is 0 Å². The number of primary amides is 1. The van der Waals surface area contributed by atoms with Crippen LogP contribution >= 0.6 is 0 Å². The molecule has 98 valence electrons. The van der Waals surface area contributed by atoms with Gasteiger partial charge in [0.05, 0.1) is 13.2 Å². The second kappa shape index (κ2) is 6.33. The van der Waals surface area contributed by atoms with Gasteiger partial charge < -0.3 is 15.8 Å². The summed E-state index contributed by atoms with van der Waals surface area (Å²) in [6.07, 6.45) is 3.68. The molecule has 1 unspecified atom stereocenters. The van der Waals surface area contributed by atoms with Crippen molar-refractivity contribution in [3.63, 3.8) is 0 Å². The number of hydrogen-bond acceptors (Lipinski definition) is 4. The molecule has 1 atom stereocenters. The van der Waals surface area contributed by atoms with Gasteiger partial charge in [0.2, 0.25) is 5.91 Å². The van der Waals surface area contributed by atoms with Crippen LogP contribution in [-0.2, 0) is 9.53 Å². The van der Waals surface area contributed by atoms with Crippen molar-refractivity contribution in [3.8, 4) is 0 Å². The van der Waals surface area contributed by atoms with E-state index in [1.807, 2.05) is 0 Å². The third kappa shape index (κ3) is 3.66. The van der Waals surface area contributed by atoms with Crippen molar-refractivity contribution >= 4 is 5.91 Å². The van der Waals surface area contributed by atoms with Gasteiger partial charge in [0.25, 0.3) is 0 Å². The molecule has 5 nitrogen and oxygen atoms in total. The first-order valence-corrected chi connectivity index (χ1v) is 6.59. The first-order valence-electron chi connectivity index (χ1n) is 6.59. The van der Waals surface area contributed by atoms with Crippen molar-refractivity contribution in [1.29, 1.82) is 0 Å². The second-order valence-electron chi connectivity index (χ2n) is 5.01. The highest BCUT2D eigenvalue weighted by Crippen LogP contribution is 2.18. The SMILES string of the molecule is NC(=O)C1COCCN1CCC1CCNCC1. The van der Waals surface area contributed by atoms with Crippen molar-refractivity contribution in [1.82, 2.24) is 10.2 Å². The number of piperidine rings is 1. The highest BCUT2D eigenvalue weighted by atomic mass is 16.5. The summed E-state index contributed by atoms with van der Waals surface area (Å²) in [5.74, 6) is 0.544. The molecule has 0 saturated carbocycles. The predicted octanol–water partition coefficient (Wildman–Crippen LogP) is -0.438. The molecule has 3 N–H and O–H groups in total. The Kier molecular flexibility index (Phi) is 4.76. The predicted molar refractivity (Wildman–Crippen MR) is 65.6 cm³/mol. The first-order chi connectivity index (χ1) is 8.27. The molecular formula is C12H23N3O2. The van der Waals surface area contributed by atoms with E-state index >= 15 is 0 Å². The molecule has 2 saturated heterocycles. The minimum Gasteiger partial charge on any atom is -0.378 e. The number of amides is 1. The largest absolute Gasteiger partial charge is 0.378 e. The molecular weight excluding hydrogens is 218 g/mol. The topological polar surface area (TPSA) is 67.6 Å². The molecule has 2 heterocycles. The van der Waals surface area contributed by atoms with Gasteiger partial charge in [-0.15, -0.1) is 0 Å². The van der Waals surface area contributed by atoms with E-state index in [0.29, 0.717) is 6.61 Å². The molecule has 17 heavy (non-hydrogen) atoms. The Hall–Kier alpha value is -0.650. The zero-order chi connectivity index (χ0) is 12.1. The molecule has 1 amide bonds. The van der Waals surface area contributed by atoms with Gasteiger partial charge in [0.1, 0.15) is 6.04 Å². The molecule has 0 bridgehead atoms. The number of morpholine rings is 1. The molecule has 0 aromatic heterocycles. The van der Waals surface area contributed by atoms with Gasteiger partial charge in [0.15, 0.2) is 0 Å². The van der Waals surface area contributed by atoms with E-state index in [9.17, 15) is 4.79 Å². The number of nitrogens with one attached hydrogen (secondary N) is 1. The standard InChI is InChI=1S/C12H23N3O2/c13-12(16)11-9-17-8-7-15(11)6-3-10-1-4-14-5-2-10/h10-11,14H,1-9H2,(H2,13,16). The number of ether oxygens (including phenoxy) is 1. The normalized spacial score (nSPS) is 28.1. The van der Waals surface area contributed by atoms with Gasteiger partial charge in [-0.25, -0.2) is 0 Å². The Labute approximate surface area is 103 Å². The fraction of sp³-hybridized carbons (Fsp3) is 0.917. The van der Waals surface area contributed by atoms with E-state index in [-0.39, 0.29) is 11.9 Å². The van der Waals surface area contributed by atoms with Gasteiger partial charge >= 0.3 is 0 Å². The van der Waals surface area contributed by atoms with Crippen LogP contribution in [0.25, 0.3) is 0 Å². The molecule has 2 rings (SSSR count). The average molecular weight is 241 g/mol. The highest BCUT2D eigenvalue weighted by molar-refractivity contribution is 5.80. The number of hydrogen-bond donors (Lipinski definition) is 2. The highest BCUT2D eigenvalue weighted by Gasteiger charge is 2.27. The van der Waals surface area contributed by atoms with Crippen LogP contribution in [0.1, 0.15) is 19.3 Å². The molecule has 0 aromatic carbocycles. The van der Waals surface area contributed by atoms with E-state index in [2.05, 4.69) is 10.2 Å². The monoisotopic (exact) mass is 241 g/mol. The van der Waals surface area contributed by atoms with Crippen LogP contribution in [0.3, 0.4) is 0 Å². The van der Waals surface area contributed by atoms with Crippen molar-refractivity contribution in [2.75, 3.05) is 39.4 Å². The fourth-order valence-corrected chi connectivity index (χ4v) is 2.69. The van der Waals surface area contributed by atoms with E-state index in [1.165, 1.54) is 19.3 Å². The van der Waals surface area contributed by atoms with Gasteiger partial charge in [0, 0.05) is 6.54 Å². The maximum absolute atomic E-state index is 11.3. The maximum Gasteiger partial charge on any atom is 0.237 e.